The number of sulfone groups is 1. The third kappa shape index (κ3) is 6.80. The van der Waals surface area contributed by atoms with Crippen LogP contribution in [0.25, 0.3) is 0 Å². The second kappa shape index (κ2) is 9.94. The molecule has 2 aromatic rings. The molecule has 0 bridgehead atoms. The molecule has 32 heavy (non-hydrogen) atoms. The number of rotatable bonds is 8. The smallest absolute Gasteiger partial charge is 0.151 e. The van der Waals surface area contributed by atoms with Crippen molar-refractivity contribution in [1.29, 1.82) is 0 Å². The number of aryl methyl sites for hydroxylation is 2. The lowest BCUT2D eigenvalue weighted by atomic mass is 9.86. The Morgan fingerprint density at radius 1 is 1.09 bits per heavy atom. The highest BCUT2D eigenvalue weighted by molar-refractivity contribution is 7.91. The molecule has 1 aliphatic heterocycles. The molecule has 0 amide bonds. The highest BCUT2D eigenvalue weighted by Crippen LogP contribution is 2.25. The van der Waals surface area contributed by atoms with Crippen molar-refractivity contribution >= 4 is 9.84 Å². The van der Waals surface area contributed by atoms with Crippen molar-refractivity contribution in [3.8, 4) is 5.75 Å². The molecule has 5 nitrogen and oxygen atoms in total. The Morgan fingerprint density at radius 3 is 2.34 bits per heavy atom. The Kier molecular flexibility index (Phi) is 7.69. The van der Waals surface area contributed by atoms with E-state index in [1.165, 1.54) is 11.1 Å². The number of hydrogen-bond acceptors (Lipinski definition) is 5. The van der Waals surface area contributed by atoms with Crippen LogP contribution in [-0.4, -0.2) is 55.2 Å². The van der Waals surface area contributed by atoms with Crippen molar-refractivity contribution in [2.45, 2.75) is 65.1 Å². The standard InChI is InChI=1S/C26H37NO4S/c1-19-6-11-25(14-20(19)2)31-17-24(28)16-27(23-12-13-32(29,30)18-23)15-21-7-9-22(10-8-21)26(3,4)5/h6-11,14,23-24,28H,12-13,15-18H2,1-5H3. The van der Waals surface area contributed by atoms with E-state index < -0.39 is 15.9 Å². The second-order valence-electron chi connectivity index (χ2n) is 10.1. The number of aliphatic hydroxyl groups is 1. The summed E-state index contributed by atoms with van der Waals surface area (Å²) >= 11 is 0. The molecular weight excluding hydrogens is 422 g/mol. The van der Waals surface area contributed by atoms with Gasteiger partial charge in [-0.2, -0.15) is 0 Å². The topological polar surface area (TPSA) is 66.8 Å². The normalized spacial score (nSPS) is 19.3. The fraction of sp³-hybridized carbons (Fsp3) is 0.538. The molecular formula is C26H37NO4S. The summed E-state index contributed by atoms with van der Waals surface area (Å²) in [5.41, 5.74) is 4.81. The summed E-state index contributed by atoms with van der Waals surface area (Å²) < 4.78 is 30.0. The van der Waals surface area contributed by atoms with Crippen LogP contribution in [0.15, 0.2) is 42.5 Å². The highest BCUT2D eigenvalue weighted by atomic mass is 32.2. The van der Waals surface area contributed by atoms with Gasteiger partial charge in [0.15, 0.2) is 9.84 Å². The van der Waals surface area contributed by atoms with E-state index in [1.54, 1.807) is 0 Å². The van der Waals surface area contributed by atoms with Crippen LogP contribution in [0.4, 0.5) is 0 Å². The van der Waals surface area contributed by atoms with Gasteiger partial charge in [-0.3, -0.25) is 4.90 Å². The number of nitrogens with zero attached hydrogens (tertiary/aromatic N) is 1. The maximum absolute atomic E-state index is 12.1. The Bertz CT molecular complexity index is 1010. The minimum absolute atomic E-state index is 0.0829. The first kappa shape index (κ1) is 24.7. The first-order chi connectivity index (χ1) is 14.9. The van der Waals surface area contributed by atoms with E-state index in [4.69, 9.17) is 4.74 Å². The Balaban J connectivity index is 1.67. The zero-order valence-corrected chi connectivity index (χ0v) is 20.8. The van der Waals surface area contributed by atoms with Crippen LogP contribution in [0.2, 0.25) is 0 Å². The summed E-state index contributed by atoms with van der Waals surface area (Å²) in [6.45, 7) is 11.8. The fourth-order valence-corrected chi connectivity index (χ4v) is 5.83. The summed E-state index contributed by atoms with van der Waals surface area (Å²) in [4.78, 5) is 2.10. The maximum Gasteiger partial charge on any atom is 0.151 e. The Labute approximate surface area is 193 Å². The SMILES string of the molecule is Cc1ccc(OCC(O)CN(Cc2ccc(C(C)(C)C)cc2)C2CCS(=O)(=O)C2)cc1C. The first-order valence-corrected chi connectivity index (χ1v) is 13.2. The summed E-state index contributed by atoms with van der Waals surface area (Å²) in [5, 5.41) is 10.7. The number of aliphatic hydroxyl groups excluding tert-OH is 1. The predicted molar refractivity (Wildman–Crippen MR) is 130 cm³/mol. The molecule has 1 saturated heterocycles. The molecule has 0 spiro atoms. The van der Waals surface area contributed by atoms with Gasteiger partial charge in [-0.25, -0.2) is 8.42 Å². The van der Waals surface area contributed by atoms with Crippen LogP contribution in [0.3, 0.4) is 0 Å². The molecule has 2 atom stereocenters. The summed E-state index contributed by atoms with van der Waals surface area (Å²) in [6, 6.07) is 14.3. The molecule has 0 aliphatic carbocycles. The average Bonchev–Trinajstić information content (AvgIpc) is 3.08. The Morgan fingerprint density at radius 2 is 1.78 bits per heavy atom. The third-order valence-corrected chi connectivity index (χ3v) is 8.05. The largest absolute Gasteiger partial charge is 0.491 e. The molecule has 0 radical (unpaired) electrons. The third-order valence-electron chi connectivity index (χ3n) is 6.30. The van der Waals surface area contributed by atoms with E-state index in [0.29, 0.717) is 19.5 Å². The summed E-state index contributed by atoms with van der Waals surface area (Å²) in [5.74, 6) is 1.10. The van der Waals surface area contributed by atoms with Crippen LogP contribution in [0.5, 0.6) is 5.75 Å². The van der Waals surface area contributed by atoms with Gasteiger partial charge in [-0.15, -0.1) is 0 Å². The Hall–Kier alpha value is -1.89. The van der Waals surface area contributed by atoms with Crippen molar-refractivity contribution < 1.29 is 18.3 Å². The van der Waals surface area contributed by atoms with Gasteiger partial charge >= 0.3 is 0 Å². The molecule has 0 aromatic heterocycles. The quantitative estimate of drug-likeness (QED) is 0.646. The van der Waals surface area contributed by atoms with E-state index in [2.05, 4.69) is 56.9 Å². The number of benzene rings is 2. The molecule has 1 aliphatic rings. The van der Waals surface area contributed by atoms with Gasteiger partial charge in [0, 0.05) is 19.1 Å². The predicted octanol–water partition coefficient (Wildman–Crippen LogP) is 4.03. The molecule has 6 heteroatoms. The number of ether oxygens (including phenoxy) is 1. The van der Waals surface area contributed by atoms with Crippen molar-refractivity contribution in [2.24, 2.45) is 0 Å². The van der Waals surface area contributed by atoms with Crippen LogP contribution >= 0.6 is 0 Å². The van der Waals surface area contributed by atoms with E-state index in [1.807, 2.05) is 25.1 Å². The summed E-state index contributed by atoms with van der Waals surface area (Å²) in [6.07, 6.45) is -0.110. The molecule has 1 N–H and O–H groups in total. The zero-order valence-electron chi connectivity index (χ0n) is 20.0. The molecule has 1 heterocycles. The highest BCUT2D eigenvalue weighted by Gasteiger charge is 2.33. The molecule has 1 fully saturated rings. The fourth-order valence-electron chi connectivity index (χ4n) is 4.07. The molecule has 176 valence electrons. The molecule has 2 unspecified atom stereocenters. The number of hydrogen-bond donors (Lipinski definition) is 1. The maximum atomic E-state index is 12.1. The summed E-state index contributed by atoms with van der Waals surface area (Å²) in [7, 11) is -3.01. The van der Waals surface area contributed by atoms with Crippen molar-refractivity contribution in [3.63, 3.8) is 0 Å². The van der Waals surface area contributed by atoms with E-state index in [9.17, 15) is 13.5 Å². The lowest BCUT2D eigenvalue weighted by Gasteiger charge is -2.30. The minimum Gasteiger partial charge on any atom is -0.491 e. The van der Waals surface area contributed by atoms with Gasteiger partial charge in [0.2, 0.25) is 0 Å². The monoisotopic (exact) mass is 459 g/mol. The lowest BCUT2D eigenvalue weighted by Crippen LogP contribution is -2.42. The van der Waals surface area contributed by atoms with Gasteiger partial charge in [-0.05, 0) is 60.1 Å². The van der Waals surface area contributed by atoms with Gasteiger partial charge in [0.1, 0.15) is 18.5 Å². The van der Waals surface area contributed by atoms with E-state index >= 15 is 0 Å². The average molecular weight is 460 g/mol. The minimum atomic E-state index is -3.01. The van der Waals surface area contributed by atoms with Crippen molar-refractivity contribution in [3.05, 3.63) is 64.7 Å². The van der Waals surface area contributed by atoms with Crippen LogP contribution in [0, 0.1) is 13.8 Å². The zero-order chi connectivity index (χ0) is 23.5. The second-order valence-corrected chi connectivity index (χ2v) is 12.4. The molecule has 2 aromatic carbocycles. The van der Waals surface area contributed by atoms with Gasteiger partial charge in [0.25, 0.3) is 0 Å². The molecule has 0 saturated carbocycles. The van der Waals surface area contributed by atoms with Crippen molar-refractivity contribution in [2.75, 3.05) is 24.7 Å². The van der Waals surface area contributed by atoms with Gasteiger partial charge in [0.05, 0.1) is 11.5 Å². The van der Waals surface area contributed by atoms with Crippen LogP contribution in [0.1, 0.15) is 49.4 Å². The van der Waals surface area contributed by atoms with Gasteiger partial charge in [-0.1, -0.05) is 51.1 Å². The first-order valence-electron chi connectivity index (χ1n) is 11.3. The van der Waals surface area contributed by atoms with E-state index in [0.717, 1.165) is 16.9 Å². The van der Waals surface area contributed by atoms with Crippen LogP contribution in [-0.2, 0) is 21.8 Å². The van der Waals surface area contributed by atoms with E-state index in [-0.39, 0.29) is 29.6 Å². The lowest BCUT2D eigenvalue weighted by molar-refractivity contribution is 0.0524. The van der Waals surface area contributed by atoms with Crippen molar-refractivity contribution in [1.82, 2.24) is 4.90 Å². The molecule has 3 rings (SSSR count). The van der Waals surface area contributed by atoms with Gasteiger partial charge < -0.3 is 9.84 Å². The van der Waals surface area contributed by atoms with Crippen LogP contribution < -0.4 is 4.74 Å².